The number of hydrogen-bond donors (Lipinski definition) is 2. The van der Waals surface area contributed by atoms with Crippen molar-refractivity contribution in [2.75, 3.05) is 23.3 Å². The molecule has 0 unspecified atom stereocenters. The Bertz CT molecular complexity index is 1110. The van der Waals surface area contributed by atoms with Gasteiger partial charge in [-0.2, -0.15) is 0 Å². The van der Waals surface area contributed by atoms with E-state index < -0.39 is 15.8 Å². The highest BCUT2D eigenvalue weighted by molar-refractivity contribution is 7.92. The van der Waals surface area contributed by atoms with E-state index >= 15 is 0 Å². The van der Waals surface area contributed by atoms with E-state index in [1.165, 1.54) is 19.1 Å². The first-order valence-corrected chi connectivity index (χ1v) is 10.2. The predicted octanol–water partition coefficient (Wildman–Crippen LogP) is 3.82. The number of aromatic nitrogens is 1. The molecule has 3 aromatic rings. The number of benzene rings is 2. The van der Waals surface area contributed by atoms with Crippen LogP contribution < -0.4 is 15.2 Å². The quantitative estimate of drug-likeness (QED) is 0.669. The number of nitrogens with zero attached hydrogens (tertiary/aromatic N) is 1. The lowest BCUT2D eigenvalue weighted by Gasteiger charge is -2.12. The molecule has 0 radical (unpaired) electrons. The van der Waals surface area contributed by atoms with E-state index in [9.17, 15) is 12.8 Å². The smallest absolute Gasteiger partial charge is 0.232 e. The molecule has 0 saturated carbocycles. The maximum absolute atomic E-state index is 14.5. The summed E-state index contributed by atoms with van der Waals surface area (Å²) < 4.78 is 47.5. The number of nitrogens with one attached hydrogen (secondary N) is 1. The summed E-state index contributed by atoms with van der Waals surface area (Å²) in [6.45, 7) is 4.09. The van der Waals surface area contributed by atoms with Crippen LogP contribution in [-0.2, 0) is 16.6 Å². The van der Waals surface area contributed by atoms with Gasteiger partial charge in [-0.05, 0) is 38.1 Å². The molecular formula is C19H22FN3O3S. The fourth-order valence-corrected chi connectivity index (χ4v) is 3.75. The van der Waals surface area contributed by atoms with Crippen molar-refractivity contribution < 1.29 is 17.5 Å². The van der Waals surface area contributed by atoms with Gasteiger partial charge in [-0.15, -0.1) is 0 Å². The zero-order valence-electron chi connectivity index (χ0n) is 15.4. The third-order valence-corrected chi connectivity index (χ3v) is 5.81. The Labute approximate surface area is 157 Å². The number of anilines is 2. The third kappa shape index (κ3) is 3.44. The summed E-state index contributed by atoms with van der Waals surface area (Å²) in [6, 6.07) is 9.95. The summed E-state index contributed by atoms with van der Waals surface area (Å²) in [5.41, 5.74) is 8.95. The average molecular weight is 391 g/mol. The SMILES string of the molecule is CCn1c(-c2ccc(NS(=O)(=O)CC)c(F)c2)c(N)c2ccc(OC)cc21. The number of halogens is 1. The Morgan fingerprint density at radius 3 is 2.52 bits per heavy atom. The molecule has 0 aliphatic heterocycles. The number of fused-ring (bicyclic) bond motifs is 1. The Kier molecular flexibility index (Phi) is 5.01. The number of rotatable bonds is 6. The van der Waals surface area contributed by atoms with Crippen molar-refractivity contribution in [3.05, 3.63) is 42.2 Å². The minimum atomic E-state index is -3.56. The molecule has 1 aromatic heterocycles. The highest BCUT2D eigenvalue weighted by Crippen LogP contribution is 2.38. The van der Waals surface area contributed by atoms with Crippen molar-refractivity contribution in [2.24, 2.45) is 0 Å². The van der Waals surface area contributed by atoms with Gasteiger partial charge in [-0.1, -0.05) is 6.07 Å². The normalized spacial score (nSPS) is 11.7. The number of nitrogens with two attached hydrogens (primary N) is 1. The summed E-state index contributed by atoms with van der Waals surface area (Å²) >= 11 is 0. The number of nitrogen functional groups attached to an aromatic ring is 1. The van der Waals surface area contributed by atoms with Crippen molar-refractivity contribution in [3.63, 3.8) is 0 Å². The number of aryl methyl sites for hydroxylation is 1. The lowest BCUT2D eigenvalue weighted by Crippen LogP contribution is -2.15. The minimum Gasteiger partial charge on any atom is -0.497 e. The molecule has 2 aromatic carbocycles. The molecule has 27 heavy (non-hydrogen) atoms. The zero-order chi connectivity index (χ0) is 19.8. The number of ether oxygens (including phenoxy) is 1. The molecule has 3 rings (SSSR count). The van der Waals surface area contributed by atoms with Gasteiger partial charge in [0.1, 0.15) is 11.6 Å². The monoisotopic (exact) mass is 391 g/mol. The predicted molar refractivity (Wildman–Crippen MR) is 107 cm³/mol. The van der Waals surface area contributed by atoms with Crippen LogP contribution in [0, 0.1) is 5.82 Å². The first-order chi connectivity index (χ1) is 12.8. The van der Waals surface area contributed by atoms with Gasteiger partial charge in [0, 0.05) is 23.6 Å². The molecule has 0 aliphatic carbocycles. The van der Waals surface area contributed by atoms with E-state index in [4.69, 9.17) is 10.5 Å². The van der Waals surface area contributed by atoms with Gasteiger partial charge < -0.3 is 15.0 Å². The Hall–Kier alpha value is -2.74. The van der Waals surface area contributed by atoms with Crippen LogP contribution in [0.4, 0.5) is 15.8 Å². The second kappa shape index (κ2) is 7.11. The van der Waals surface area contributed by atoms with Crippen LogP contribution in [0.2, 0.25) is 0 Å². The molecule has 8 heteroatoms. The van der Waals surface area contributed by atoms with Gasteiger partial charge in [0.2, 0.25) is 10.0 Å². The molecule has 0 bridgehead atoms. The molecule has 0 spiro atoms. The van der Waals surface area contributed by atoms with Gasteiger partial charge in [-0.25, -0.2) is 12.8 Å². The fourth-order valence-electron chi connectivity index (χ4n) is 3.11. The summed E-state index contributed by atoms with van der Waals surface area (Å²) in [7, 11) is -1.96. The van der Waals surface area contributed by atoms with E-state index in [1.807, 2.05) is 29.7 Å². The van der Waals surface area contributed by atoms with Crippen molar-refractivity contribution >= 4 is 32.3 Å². The van der Waals surface area contributed by atoms with Gasteiger partial charge in [0.05, 0.1) is 35.4 Å². The lowest BCUT2D eigenvalue weighted by atomic mass is 10.1. The molecule has 6 nitrogen and oxygen atoms in total. The molecule has 0 amide bonds. The topological polar surface area (TPSA) is 86.4 Å². The Morgan fingerprint density at radius 1 is 1.19 bits per heavy atom. The fraction of sp³-hybridized carbons (Fsp3) is 0.263. The van der Waals surface area contributed by atoms with Crippen molar-refractivity contribution in [2.45, 2.75) is 20.4 Å². The average Bonchev–Trinajstić information content (AvgIpc) is 2.94. The molecule has 3 N–H and O–H groups in total. The highest BCUT2D eigenvalue weighted by atomic mass is 32.2. The first-order valence-electron chi connectivity index (χ1n) is 8.57. The van der Waals surface area contributed by atoms with E-state index in [-0.39, 0.29) is 11.4 Å². The van der Waals surface area contributed by atoms with Gasteiger partial charge in [0.15, 0.2) is 0 Å². The van der Waals surface area contributed by atoms with Gasteiger partial charge in [0.25, 0.3) is 0 Å². The van der Waals surface area contributed by atoms with E-state index in [2.05, 4.69) is 4.72 Å². The van der Waals surface area contributed by atoms with Gasteiger partial charge >= 0.3 is 0 Å². The van der Waals surface area contributed by atoms with Crippen LogP contribution >= 0.6 is 0 Å². The van der Waals surface area contributed by atoms with E-state index in [1.54, 1.807) is 13.2 Å². The largest absolute Gasteiger partial charge is 0.497 e. The Balaban J connectivity index is 2.15. The van der Waals surface area contributed by atoms with E-state index in [0.717, 1.165) is 10.9 Å². The van der Waals surface area contributed by atoms with Crippen LogP contribution in [0.5, 0.6) is 5.75 Å². The maximum atomic E-state index is 14.5. The van der Waals surface area contributed by atoms with Gasteiger partial charge in [-0.3, -0.25) is 4.72 Å². The first kappa shape index (κ1) is 19.0. The van der Waals surface area contributed by atoms with Crippen LogP contribution in [0.3, 0.4) is 0 Å². The van der Waals surface area contributed by atoms with Crippen LogP contribution in [0.25, 0.3) is 22.2 Å². The molecule has 0 aliphatic rings. The second-order valence-electron chi connectivity index (χ2n) is 6.09. The maximum Gasteiger partial charge on any atom is 0.232 e. The summed E-state index contributed by atoms with van der Waals surface area (Å²) in [6.07, 6.45) is 0. The summed E-state index contributed by atoms with van der Waals surface area (Å²) in [5.74, 6) is -0.0845. The van der Waals surface area contributed by atoms with Crippen LogP contribution in [0.1, 0.15) is 13.8 Å². The van der Waals surface area contributed by atoms with Crippen molar-refractivity contribution in [3.8, 4) is 17.0 Å². The molecule has 0 atom stereocenters. The molecule has 0 fully saturated rings. The zero-order valence-corrected chi connectivity index (χ0v) is 16.2. The lowest BCUT2D eigenvalue weighted by molar-refractivity contribution is 0.415. The number of hydrogen-bond acceptors (Lipinski definition) is 4. The molecular weight excluding hydrogens is 369 g/mol. The van der Waals surface area contributed by atoms with E-state index in [0.29, 0.717) is 29.2 Å². The molecule has 0 saturated heterocycles. The van der Waals surface area contributed by atoms with Crippen molar-refractivity contribution in [1.82, 2.24) is 4.57 Å². The number of methoxy groups -OCH3 is 1. The van der Waals surface area contributed by atoms with Crippen LogP contribution in [-0.4, -0.2) is 25.8 Å². The van der Waals surface area contributed by atoms with Crippen molar-refractivity contribution in [1.29, 1.82) is 0 Å². The highest BCUT2D eigenvalue weighted by Gasteiger charge is 2.18. The van der Waals surface area contributed by atoms with Crippen LogP contribution in [0.15, 0.2) is 36.4 Å². The second-order valence-corrected chi connectivity index (χ2v) is 8.10. The molecule has 144 valence electrons. The standard InChI is InChI=1S/C19H22FN3O3S/c1-4-23-17-11-13(26-3)7-8-14(17)18(21)19(23)12-6-9-16(15(20)10-12)22-27(24,25)5-2/h6-11,22H,4-5,21H2,1-3H3. The minimum absolute atomic E-state index is 0.0833. The Morgan fingerprint density at radius 2 is 1.93 bits per heavy atom. The number of sulfonamides is 1. The molecule has 1 heterocycles. The summed E-state index contributed by atoms with van der Waals surface area (Å²) in [5, 5.41) is 0.851. The summed E-state index contributed by atoms with van der Waals surface area (Å²) in [4.78, 5) is 0. The third-order valence-electron chi connectivity index (χ3n) is 4.52.